The number of nitrogens with zero attached hydrogens (tertiary/aromatic N) is 1. The molecule has 2 unspecified atom stereocenters. The van der Waals surface area contributed by atoms with Crippen LogP contribution in [-0.4, -0.2) is 30.2 Å². The fourth-order valence-electron chi connectivity index (χ4n) is 2.92. The van der Waals surface area contributed by atoms with Crippen molar-refractivity contribution in [2.24, 2.45) is 0 Å². The number of nitrogens with one attached hydrogen (secondary N) is 1. The lowest BCUT2D eigenvalue weighted by molar-refractivity contribution is 0.0197. The lowest BCUT2D eigenvalue weighted by atomic mass is 9.92. The second kappa shape index (κ2) is 5.04. The van der Waals surface area contributed by atoms with Gasteiger partial charge in [-0.05, 0) is 37.0 Å². The Morgan fingerprint density at radius 2 is 2.30 bits per heavy atom. The zero-order chi connectivity index (χ0) is 14.3. The van der Waals surface area contributed by atoms with Crippen LogP contribution in [0.15, 0.2) is 18.2 Å². The molecule has 0 spiro atoms. The van der Waals surface area contributed by atoms with Crippen LogP contribution < -0.4 is 5.32 Å². The van der Waals surface area contributed by atoms with Gasteiger partial charge >= 0.3 is 6.03 Å². The number of rotatable bonds is 2. The predicted octanol–water partition coefficient (Wildman–Crippen LogP) is 3.67. The molecule has 3 rings (SSSR count). The summed E-state index contributed by atoms with van der Waals surface area (Å²) in [6, 6.07) is 6.17. The molecule has 2 atom stereocenters. The first kappa shape index (κ1) is 13.9. The summed E-state index contributed by atoms with van der Waals surface area (Å²) >= 11 is 3.80. The molecule has 20 heavy (non-hydrogen) atoms. The lowest BCUT2D eigenvalue weighted by Crippen LogP contribution is -2.35. The monoisotopic (exact) mass is 338 g/mol. The highest BCUT2D eigenvalue weighted by Gasteiger charge is 2.38. The molecular formula is C15H19BrN2O2. The first-order valence-electron chi connectivity index (χ1n) is 6.92. The molecule has 0 saturated carbocycles. The maximum absolute atomic E-state index is 11.6. The van der Waals surface area contributed by atoms with Crippen molar-refractivity contribution in [1.82, 2.24) is 4.90 Å². The number of hydrogen-bond donors (Lipinski definition) is 1. The van der Waals surface area contributed by atoms with Crippen LogP contribution in [0.5, 0.6) is 0 Å². The molecule has 1 N–H and O–H groups in total. The van der Waals surface area contributed by atoms with Crippen molar-refractivity contribution in [1.29, 1.82) is 0 Å². The van der Waals surface area contributed by atoms with E-state index >= 15 is 0 Å². The highest BCUT2D eigenvalue weighted by atomic mass is 79.9. The molecule has 108 valence electrons. The van der Waals surface area contributed by atoms with E-state index in [2.05, 4.69) is 40.3 Å². The highest BCUT2D eigenvalue weighted by Crippen LogP contribution is 2.43. The summed E-state index contributed by atoms with van der Waals surface area (Å²) in [6.07, 6.45) is 2.18. The van der Waals surface area contributed by atoms with Crippen molar-refractivity contribution in [2.45, 2.75) is 36.7 Å². The van der Waals surface area contributed by atoms with E-state index in [9.17, 15) is 4.79 Å². The van der Waals surface area contributed by atoms with Gasteiger partial charge in [0.2, 0.25) is 0 Å². The molecule has 2 aliphatic heterocycles. The Balaban J connectivity index is 1.89. The van der Waals surface area contributed by atoms with Gasteiger partial charge in [0.05, 0.1) is 10.4 Å². The fraction of sp³-hybridized carbons (Fsp3) is 0.533. The molecule has 2 aliphatic rings. The number of hydrogen-bond acceptors (Lipinski definition) is 2. The summed E-state index contributed by atoms with van der Waals surface area (Å²) < 4.78 is 5.91. The van der Waals surface area contributed by atoms with Crippen LogP contribution >= 0.6 is 15.9 Å². The molecule has 4 nitrogen and oxygen atoms in total. The highest BCUT2D eigenvalue weighted by molar-refractivity contribution is 9.09. The summed E-state index contributed by atoms with van der Waals surface area (Å²) in [7, 11) is 1.80. The van der Waals surface area contributed by atoms with Gasteiger partial charge in [0.1, 0.15) is 0 Å². The second-order valence-electron chi connectivity index (χ2n) is 5.83. The van der Waals surface area contributed by atoms with E-state index in [0.717, 1.165) is 30.7 Å². The van der Waals surface area contributed by atoms with Crippen LogP contribution in [0, 0.1) is 0 Å². The zero-order valence-corrected chi connectivity index (χ0v) is 13.4. The number of carbonyl (C=O) groups is 1. The smallest absolute Gasteiger partial charge is 0.321 e. The Labute approximate surface area is 127 Å². The molecule has 0 radical (unpaired) electrons. The average molecular weight is 339 g/mol. The third-order valence-corrected chi connectivity index (χ3v) is 5.70. The van der Waals surface area contributed by atoms with Gasteiger partial charge in [-0.15, -0.1) is 0 Å². The molecule has 0 bridgehead atoms. The zero-order valence-electron chi connectivity index (χ0n) is 11.8. The molecule has 5 heteroatoms. The summed E-state index contributed by atoms with van der Waals surface area (Å²) in [5, 5.41) is 2.90. The van der Waals surface area contributed by atoms with Gasteiger partial charge in [-0.3, -0.25) is 0 Å². The Kier molecular flexibility index (Phi) is 3.50. The van der Waals surface area contributed by atoms with Crippen molar-refractivity contribution in [3.63, 3.8) is 0 Å². The van der Waals surface area contributed by atoms with Crippen LogP contribution in [0.1, 0.15) is 35.7 Å². The molecule has 1 saturated heterocycles. The number of benzene rings is 1. The van der Waals surface area contributed by atoms with Crippen LogP contribution in [0.4, 0.5) is 10.5 Å². The molecule has 0 aromatic heterocycles. The third-order valence-electron chi connectivity index (χ3n) is 4.20. The summed E-state index contributed by atoms with van der Waals surface area (Å²) in [5.74, 6) is 0. The third kappa shape index (κ3) is 2.33. The number of ether oxygens (including phenoxy) is 1. The topological polar surface area (TPSA) is 41.6 Å². The minimum Gasteiger partial charge on any atom is -0.374 e. The standard InChI is InChI=1S/C15H19BrN2O2/c1-15(6-3-7-20-15)13(16)10-4-5-12-11(8-10)9-18(2)14(19)17-12/h4-5,8,13H,3,6-7,9H2,1-2H3,(H,17,19). The maximum atomic E-state index is 11.6. The first-order chi connectivity index (χ1) is 9.49. The Bertz CT molecular complexity index is 541. The Morgan fingerprint density at radius 3 is 3.00 bits per heavy atom. The molecule has 1 aromatic carbocycles. The van der Waals surface area contributed by atoms with Gasteiger partial charge in [-0.25, -0.2) is 4.79 Å². The predicted molar refractivity (Wildman–Crippen MR) is 82.2 cm³/mol. The van der Waals surface area contributed by atoms with Crippen LogP contribution in [-0.2, 0) is 11.3 Å². The lowest BCUT2D eigenvalue weighted by Gasteiger charge is -2.31. The summed E-state index contributed by atoms with van der Waals surface area (Å²) in [6.45, 7) is 3.64. The number of fused-ring (bicyclic) bond motifs is 1. The molecule has 2 amide bonds. The van der Waals surface area contributed by atoms with Crippen molar-refractivity contribution >= 4 is 27.6 Å². The van der Waals surface area contributed by atoms with Gasteiger partial charge in [0, 0.05) is 25.9 Å². The molecule has 1 fully saturated rings. The van der Waals surface area contributed by atoms with Crippen LogP contribution in [0.25, 0.3) is 0 Å². The van der Waals surface area contributed by atoms with E-state index in [1.165, 1.54) is 5.56 Å². The van der Waals surface area contributed by atoms with Crippen molar-refractivity contribution < 1.29 is 9.53 Å². The number of amides is 2. The SMILES string of the molecule is CN1Cc2cc(C(Br)C3(C)CCCO3)ccc2NC1=O. The van der Waals surface area contributed by atoms with E-state index in [4.69, 9.17) is 4.74 Å². The quantitative estimate of drug-likeness (QED) is 0.836. The van der Waals surface area contributed by atoms with Crippen LogP contribution in [0.2, 0.25) is 0 Å². The number of alkyl halides is 1. The minimum absolute atomic E-state index is 0.0493. The number of halogens is 1. The molecule has 0 aliphatic carbocycles. The number of carbonyl (C=O) groups excluding carboxylic acids is 1. The van der Waals surface area contributed by atoms with E-state index in [1.54, 1.807) is 11.9 Å². The number of anilines is 1. The van der Waals surface area contributed by atoms with Gasteiger partial charge in [0.25, 0.3) is 0 Å². The van der Waals surface area contributed by atoms with Crippen molar-refractivity contribution in [3.8, 4) is 0 Å². The first-order valence-corrected chi connectivity index (χ1v) is 7.84. The Hall–Kier alpha value is -1.07. The second-order valence-corrected chi connectivity index (χ2v) is 6.75. The van der Waals surface area contributed by atoms with Crippen molar-refractivity contribution in [3.05, 3.63) is 29.3 Å². The van der Waals surface area contributed by atoms with Gasteiger partial charge in [-0.1, -0.05) is 28.1 Å². The van der Waals surface area contributed by atoms with E-state index in [1.807, 2.05) is 6.07 Å². The van der Waals surface area contributed by atoms with Crippen molar-refractivity contribution in [2.75, 3.05) is 19.0 Å². The largest absolute Gasteiger partial charge is 0.374 e. The van der Waals surface area contributed by atoms with Gasteiger partial charge in [-0.2, -0.15) is 0 Å². The van der Waals surface area contributed by atoms with Gasteiger partial charge in [0.15, 0.2) is 0 Å². The van der Waals surface area contributed by atoms with E-state index in [-0.39, 0.29) is 16.5 Å². The molecule has 1 aromatic rings. The van der Waals surface area contributed by atoms with E-state index < -0.39 is 0 Å². The summed E-state index contributed by atoms with van der Waals surface area (Å²) in [4.78, 5) is 13.5. The molecular weight excluding hydrogens is 320 g/mol. The average Bonchev–Trinajstić information content (AvgIpc) is 2.87. The summed E-state index contributed by atoms with van der Waals surface area (Å²) in [5.41, 5.74) is 3.13. The maximum Gasteiger partial charge on any atom is 0.321 e. The van der Waals surface area contributed by atoms with E-state index in [0.29, 0.717) is 6.54 Å². The Morgan fingerprint density at radius 1 is 1.50 bits per heavy atom. The minimum atomic E-state index is -0.141. The fourth-order valence-corrected chi connectivity index (χ4v) is 3.56. The number of urea groups is 1. The van der Waals surface area contributed by atoms with Gasteiger partial charge < -0.3 is 15.0 Å². The normalized spacial score (nSPS) is 27.1. The molecule has 2 heterocycles. The van der Waals surface area contributed by atoms with Crippen LogP contribution in [0.3, 0.4) is 0 Å².